The first-order chi connectivity index (χ1) is 7.76. The molecule has 0 aliphatic carbocycles. The van der Waals surface area contributed by atoms with Gasteiger partial charge in [0, 0.05) is 6.04 Å². The highest BCUT2D eigenvalue weighted by Gasteiger charge is 2.39. The zero-order valence-corrected chi connectivity index (χ0v) is 11.0. The van der Waals surface area contributed by atoms with Crippen LogP contribution in [-0.2, 0) is 19.4 Å². The number of methoxy groups -OCH3 is 1. The molecule has 3 unspecified atom stereocenters. The first-order valence-electron chi connectivity index (χ1n) is 5.49. The van der Waals surface area contributed by atoms with Crippen molar-refractivity contribution in [1.29, 1.82) is 0 Å². The summed E-state index contributed by atoms with van der Waals surface area (Å²) in [4.78, 5) is 11.5. The van der Waals surface area contributed by atoms with E-state index in [0.29, 0.717) is 0 Å². The Balaban J connectivity index is 2.72. The van der Waals surface area contributed by atoms with Gasteiger partial charge >= 0.3 is 5.97 Å². The molecule has 1 heterocycles. The molecule has 0 radical (unpaired) electrons. The minimum Gasteiger partial charge on any atom is -0.468 e. The summed E-state index contributed by atoms with van der Waals surface area (Å²) in [5, 5.41) is 12.5. The highest BCUT2D eigenvalue weighted by atomic mass is 32.2. The Morgan fingerprint density at radius 2 is 2.00 bits per heavy atom. The zero-order chi connectivity index (χ0) is 13.2. The van der Waals surface area contributed by atoms with Crippen molar-refractivity contribution >= 4 is 15.8 Å². The van der Waals surface area contributed by atoms with Crippen molar-refractivity contribution < 1.29 is 23.1 Å². The Morgan fingerprint density at radius 1 is 1.41 bits per heavy atom. The number of rotatable bonds is 4. The van der Waals surface area contributed by atoms with Crippen molar-refractivity contribution in [2.75, 3.05) is 18.6 Å². The average Bonchev–Trinajstić information content (AvgIpc) is 2.46. The van der Waals surface area contributed by atoms with Gasteiger partial charge in [-0.05, 0) is 5.92 Å². The fourth-order valence-corrected chi connectivity index (χ4v) is 3.63. The average molecular weight is 265 g/mol. The SMILES string of the molecule is COC(=O)C(NC1CS(=O)(=O)CC1O)C(C)C. The lowest BCUT2D eigenvalue weighted by molar-refractivity contribution is -0.144. The molecule has 0 aromatic heterocycles. The second-order valence-electron chi connectivity index (χ2n) is 4.66. The topological polar surface area (TPSA) is 92.7 Å². The summed E-state index contributed by atoms with van der Waals surface area (Å²) in [6.07, 6.45) is -0.967. The van der Waals surface area contributed by atoms with Gasteiger partial charge in [-0.25, -0.2) is 8.42 Å². The van der Waals surface area contributed by atoms with Gasteiger partial charge in [0.1, 0.15) is 6.04 Å². The number of carbonyl (C=O) groups is 1. The number of sulfone groups is 1. The maximum absolute atomic E-state index is 11.5. The molecule has 17 heavy (non-hydrogen) atoms. The predicted octanol–water partition coefficient (Wildman–Crippen LogP) is -1.07. The van der Waals surface area contributed by atoms with Crippen molar-refractivity contribution in [3.63, 3.8) is 0 Å². The van der Waals surface area contributed by atoms with Crippen molar-refractivity contribution in [3.8, 4) is 0 Å². The van der Waals surface area contributed by atoms with E-state index < -0.39 is 34.0 Å². The normalized spacial score (nSPS) is 29.2. The van der Waals surface area contributed by atoms with Gasteiger partial charge in [0.2, 0.25) is 0 Å². The summed E-state index contributed by atoms with van der Waals surface area (Å²) in [5.41, 5.74) is 0. The molecule has 0 amide bonds. The molecule has 100 valence electrons. The predicted molar refractivity (Wildman–Crippen MR) is 62.2 cm³/mol. The van der Waals surface area contributed by atoms with Gasteiger partial charge < -0.3 is 9.84 Å². The number of aliphatic hydroxyl groups excluding tert-OH is 1. The van der Waals surface area contributed by atoms with Crippen molar-refractivity contribution in [2.45, 2.75) is 32.0 Å². The summed E-state index contributed by atoms with van der Waals surface area (Å²) in [5.74, 6) is -0.889. The standard InChI is InChI=1S/C10H19NO5S/c1-6(2)9(10(13)16-3)11-7-4-17(14,15)5-8(7)12/h6-9,11-12H,4-5H2,1-3H3. The van der Waals surface area contributed by atoms with Crippen LogP contribution in [0.5, 0.6) is 0 Å². The summed E-state index contributed by atoms with van der Waals surface area (Å²) in [6.45, 7) is 3.65. The number of aliphatic hydroxyl groups is 1. The van der Waals surface area contributed by atoms with Gasteiger partial charge in [-0.1, -0.05) is 13.8 Å². The van der Waals surface area contributed by atoms with E-state index in [1.165, 1.54) is 7.11 Å². The number of hydrogen-bond donors (Lipinski definition) is 2. The maximum atomic E-state index is 11.5. The van der Waals surface area contributed by atoms with E-state index in [2.05, 4.69) is 10.1 Å². The van der Waals surface area contributed by atoms with E-state index in [4.69, 9.17) is 0 Å². The Morgan fingerprint density at radius 3 is 2.35 bits per heavy atom. The number of esters is 1. The van der Waals surface area contributed by atoms with Crippen LogP contribution in [0, 0.1) is 5.92 Å². The highest BCUT2D eigenvalue weighted by molar-refractivity contribution is 7.91. The van der Waals surface area contributed by atoms with Crippen LogP contribution in [0.25, 0.3) is 0 Å². The van der Waals surface area contributed by atoms with Crippen LogP contribution in [0.2, 0.25) is 0 Å². The number of carbonyl (C=O) groups excluding carboxylic acids is 1. The third-order valence-electron chi connectivity index (χ3n) is 2.84. The molecule has 0 spiro atoms. The Kier molecular flexibility index (Phi) is 4.51. The highest BCUT2D eigenvalue weighted by Crippen LogP contribution is 2.15. The molecular weight excluding hydrogens is 246 g/mol. The van der Waals surface area contributed by atoms with E-state index in [1.807, 2.05) is 13.8 Å². The van der Waals surface area contributed by atoms with Gasteiger partial charge in [-0.15, -0.1) is 0 Å². The number of ether oxygens (including phenoxy) is 1. The van der Waals surface area contributed by atoms with Crippen molar-refractivity contribution in [3.05, 3.63) is 0 Å². The van der Waals surface area contributed by atoms with E-state index in [0.717, 1.165) is 0 Å². The maximum Gasteiger partial charge on any atom is 0.323 e. The van der Waals surface area contributed by atoms with E-state index >= 15 is 0 Å². The Hall–Kier alpha value is -0.660. The van der Waals surface area contributed by atoms with Crippen LogP contribution in [0.15, 0.2) is 0 Å². The quantitative estimate of drug-likeness (QED) is 0.629. The first kappa shape index (κ1) is 14.4. The summed E-state index contributed by atoms with van der Waals surface area (Å²) in [7, 11) is -1.93. The molecule has 0 aromatic carbocycles. The van der Waals surface area contributed by atoms with Gasteiger partial charge in [-0.3, -0.25) is 10.1 Å². The third-order valence-corrected chi connectivity index (χ3v) is 4.55. The molecule has 3 atom stereocenters. The summed E-state index contributed by atoms with van der Waals surface area (Å²) in [6, 6.07) is -1.21. The van der Waals surface area contributed by atoms with E-state index in [-0.39, 0.29) is 17.4 Å². The fraction of sp³-hybridized carbons (Fsp3) is 0.900. The molecule has 1 fully saturated rings. The zero-order valence-electron chi connectivity index (χ0n) is 10.2. The largest absolute Gasteiger partial charge is 0.468 e. The molecule has 1 aliphatic heterocycles. The van der Waals surface area contributed by atoms with Crippen molar-refractivity contribution in [1.82, 2.24) is 5.32 Å². The molecule has 1 saturated heterocycles. The van der Waals surface area contributed by atoms with Gasteiger partial charge in [-0.2, -0.15) is 0 Å². The van der Waals surface area contributed by atoms with E-state index in [9.17, 15) is 18.3 Å². The molecule has 0 aromatic rings. The molecule has 0 bridgehead atoms. The lowest BCUT2D eigenvalue weighted by atomic mass is 10.0. The van der Waals surface area contributed by atoms with Gasteiger partial charge in [0.25, 0.3) is 0 Å². The minimum absolute atomic E-state index is 0.0436. The van der Waals surface area contributed by atoms with Crippen LogP contribution in [0.3, 0.4) is 0 Å². The molecule has 0 saturated carbocycles. The molecule has 1 aliphatic rings. The lowest BCUT2D eigenvalue weighted by Crippen LogP contribution is -2.51. The molecule has 2 N–H and O–H groups in total. The van der Waals surface area contributed by atoms with Gasteiger partial charge in [0.15, 0.2) is 9.84 Å². The summed E-state index contributed by atoms with van der Waals surface area (Å²) < 4.78 is 27.3. The second-order valence-corrected chi connectivity index (χ2v) is 6.82. The molecule has 7 heteroatoms. The monoisotopic (exact) mass is 265 g/mol. The minimum atomic E-state index is -3.21. The van der Waals surface area contributed by atoms with Crippen LogP contribution in [0.4, 0.5) is 0 Å². The molecule has 1 rings (SSSR count). The molecular formula is C10H19NO5S. The summed E-state index contributed by atoms with van der Waals surface area (Å²) >= 11 is 0. The fourth-order valence-electron chi connectivity index (χ4n) is 1.88. The van der Waals surface area contributed by atoms with Crippen LogP contribution >= 0.6 is 0 Å². The number of nitrogens with one attached hydrogen (secondary N) is 1. The Bertz CT molecular complexity index is 378. The van der Waals surface area contributed by atoms with Gasteiger partial charge in [0.05, 0.1) is 24.7 Å². The Labute approximate surface area is 101 Å². The third kappa shape index (κ3) is 3.65. The van der Waals surface area contributed by atoms with Crippen LogP contribution in [-0.4, -0.2) is 56.3 Å². The molecule has 6 nitrogen and oxygen atoms in total. The second kappa shape index (κ2) is 5.32. The smallest absolute Gasteiger partial charge is 0.323 e. The first-order valence-corrected chi connectivity index (χ1v) is 7.31. The van der Waals surface area contributed by atoms with E-state index in [1.54, 1.807) is 0 Å². The van der Waals surface area contributed by atoms with Crippen molar-refractivity contribution in [2.24, 2.45) is 5.92 Å². The van der Waals surface area contributed by atoms with Crippen LogP contribution in [0.1, 0.15) is 13.8 Å². The lowest BCUT2D eigenvalue weighted by Gasteiger charge is -2.24. The van der Waals surface area contributed by atoms with Crippen LogP contribution < -0.4 is 5.32 Å². The number of hydrogen-bond acceptors (Lipinski definition) is 6.